The van der Waals surface area contributed by atoms with Crippen LogP contribution in [0.15, 0.2) is 18.2 Å². The molecule has 0 fully saturated rings. The molecule has 20 heavy (non-hydrogen) atoms. The van der Waals surface area contributed by atoms with E-state index in [0.29, 0.717) is 12.1 Å². The topological polar surface area (TPSA) is 30.5 Å². The predicted octanol–water partition coefficient (Wildman–Crippen LogP) is 3.93. The summed E-state index contributed by atoms with van der Waals surface area (Å²) in [5, 5.41) is 3.75. The summed E-state index contributed by atoms with van der Waals surface area (Å²) in [4.78, 5) is 0. The fourth-order valence-electron chi connectivity index (χ4n) is 2.68. The van der Waals surface area contributed by atoms with E-state index in [2.05, 4.69) is 32.2 Å². The highest BCUT2D eigenvalue weighted by Gasteiger charge is 2.23. The van der Waals surface area contributed by atoms with E-state index < -0.39 is 0 Å². The molecule has 1 aromatic carbocycles. The van der Waals surface area contributed by atoms with Gasteiger partial charge in [0.15, 0.2) is 0 Å². The number of hydrogen-bond acceptors (Lipinski definition) is 3. The first-order valence-corrected chi connectivity index (χ1v) is 7.67. The van der Waals surface area contributed by atoms with Gasteiger partial charge in [-0.3, -0.25) is 0 Å². The lowest BCUT2D eigenvalue weighted by molar-refractivity contribution is 0.241. The van der Waals surface area contributed by atoms with Gasteiger partial charge in [-0.05, 0) is 43.9 Å². The first-order chi connectivity index (χ1) is 9.60. The summed E-state index contributed by atoms with van der Waals surface area (Å²) in [5.41, 5.74) is 1.23. The van der Waals surface area contributed by atoms with E-state index >= 15 is 0 Å². The molecular weight excluding hydrogens is 250 g/mol. The van der Waals surface area contributed by atoms with Crippen molar-refractivity contribution in [3.05, 3.63) is 23.8 Å². The Bertz CT molecular complexity index is 431. The van der Waals surface area contributed by atoms with Crippen molar-refractivity contribution in [1.29, 1.82) is 0 Å². The van der Waals surface area contributed by atoms with E-state index in [4.69, 9.17) is 9.47 Å². The molecular formula is C17H27NO2. The minimum Gasteiger partial charge on any atom is -0.497 e. The van der Waals surface area contributed by atoms with Crippen molar-refractivity contribution in [1.82, 2.24) is 5.32 Å². The van der Waals surface area contributed by atoms with Crippen molar-refractivity contribution >= 4 is 0 Å². The van der Waals surface area contributed by atoms with Gasteiger partial charge in [0.1, 0.15) is 11.5 Å². The van der Waals surface area contributed by atoms with Crippen LogP contribution >= 0.6 is 0 Å². The van der Waals surface area contributed by atoms with E-state index in [9.17, 15) is 0 Å². The molecule has 2 rings (SSSR count). The molecule has 0 amide bonds. The monoisotopic (exact) mass is 277 g/mol. The highest BCUT2D eigenvalue weighted by molar-refractivity contribution is 5.43. The van der Waals surface area contributed by atoms with E-state index in [1.807, 2.05) is 12.1 Å². The Morgan fingerprint density at radius 2 is 2.10 bits per heavy atom. The molecule has 112 valence electrons. The van der Waals surface area contributed by atoms with Crippen LogP contribution in [0.2, 0.25) is 0 Å². The van der Waals surface area contributed by atoms with Crippen molar-refractivity contribution in [2.24, 2.45) is 5.92 Å². The number of fused-ring (bicyclic) bond motifs is 1. The molecule has 1 heterocycles. The van der Waals surface area contributed by atoms with Crippen LogP contribution in [-0.2, 0) is 0 Å². The fraction of sp³-hybridized carbons (Fsp3) is 0.647. The average Bonchev–Trinajstić information content (AvgIpc) is 2.45. The number of methoxy groups -OCH3 is 1. The third kappa shape index (κ3) is 3.89. The molecule has 2 unspecified atom stereocenters. The smallest absolute Gasteiger partial charge is 0.124 e. The third-order valence-corrected chi connectivity index (χ3v) is 3.92. The second-order valence-electron chi connectivity index (χ2n) is 6.13. The van der Waals surface area contributed by atoms with Gasteiger partial charge < -0.3 is 14.8 Å². The number of ether oxygens (including phenoxy) is 2. The summed E-state index contributed by atoms with van der Waals surface area (Å²) in [6.45, 7) is 7.62. The highest BCUT2D eigenvalue weighted by Crippen LogP contribution is 2.35. The molecule has 0 saturated carbocycles. The molecule has 0 radical (unpaired) electrons. The Labute approximate surface area is 122 Å². The molecule has 0 bridgehead atoms. The second kappa shape index (κ2) is 6.98. The van der Waals surface area contributed by atoms with Gasteiger partial charge in [0.2, 0.25) is 0 Å². The molecule has 3 nitrogen and oxygen atoms in total. The molecule has 1 N–H and O–H groups in total. The predicted molar refractivity (Wildman–Crippen MR) is 82.5 cm³/mol. The number of nitrogens with one attached hydrogen (secondary N) is 1. The maximum absolute atomic E-state index is 5.74. The number of rotatable bonds is 6. The lowest BCUT2D eigenvalue weighted by Crippen LogP contribution is -2.34. The molecule has 1 aromatic rings. The van der Waals surface area contributed by atoms with Gasteiger partial charge in [-0.15, -0.1) is 0 Å². The van der Waals surface area contributed by atoms with Gasteiger partial charge in [0, 0.05) is 24.1 Å². The summed E-state index contributed by atoms with van der Waals surface area (Å²) >= 11 is 0. The highest BCUT2D eigenvalue weighted by atomic mass is 16.5. The van der Waals surface area contributed by atoms with Gasteiger partial charge >= 0.3 is 0 Å². The van der Waals surface area contributed by atoms with Crippen LogP contribution in [0.25, 0.3) is 0 Å². The normalized spacial score (nSPS) is 19.4. The lowest BCUT2D eigenvalue weighted by atomic mass is 9.97. The van der Waals surface area contributed by atoms with Gasteiger partial charge in [-0.25, -0.2) is 0 Å². The van der Waals surface area contributed by atoms with Crippen LogP contribution in [0.5, 0.6) is 11.5 Å². The zero-order valence-electron chi connectivity index (χ0n) is 13.1. The summed E-state index contributed by atoms with van der Waals surface area (Å²) < 4.78 is 11.1. The van der Waals surface area contributed by atoms with E-state index in [1.54, 1.807) is 7.11 Å². The molecule has 0 spiro atoms. The maximum atomic E-state index is 5.74. The SMILES string of the molecule is COc1ccc2c(c1)C(NC(C)CCC(C)C)CCO2. The Kier molecular flexibility index (Phi) is 5.30. The largest absolute Gasteiger partial charge is 0.497 e. The molecule has 1 aliphatic heterocycles. The summed E-state index contributed by atoms with van der Waals surface area (Å²) in [5.74, 6) is 2.66. The van der Waals surface area contributed by atoms with Gasteiger partial charge in [0.05, 0.1) is 13.7 Å². The van der Waals surface area contributed by atoms with Crippen LogP contribution in [0.1, 0.15) is 51.6 Å². The van der Waals surface area contributed by atoms with Crippen molar-refractivity contribution in [2.75, 3.05) is 13.7 Å². The molecule has 1 aliphatic rings. The summed E-state index contributed by atoms with van der Waals surface area (Å²) in [7, 11) is 1.71. The third-order valence-electron chi connectivity index (χ3n) is 3.92. The van der Waals surface area contributed by atoms with Gasteiger partial charge in [0.25, 0.3) is 0 Å². The second-order valence-corrected chi connectivity index (χ2v) is 6.13. The summed E-state index contributed by atoms with van der Waals surface area (Å²) in [6.07, 6.45) is 3.50. The van der Waals surface area contributed by atoms with Crippen LogP contribution < -0.4 is 14.8 Å². The Hall–Kier alpha value is -1.22. The maximum Gasteiger partial charge on any atom is 0.124 e. The first kappa shape index (κ1) is 15.2. The van der Waals surface area contributed by atoms with E-state index in [-0.39, 0.29) is 0 Å². The zero-order chi connectivity index (χ0) is 14.5. The van der Waals surface area contributed by atoms with Crippen LogP contribution in [0.4, 0.5) is 0 Å². The van der Waals surface area contributed by atoms with Gasteiger partial charge in [-0.1, -0.05) is 13.8 Å². The Morgan fingerprint density at radius 3 is 2.80 bits per heavy atom. The lowest BCUT2D eigenvalue weighted by Gasteiger charge is -2.30. The van der Waals surface area contributed by atoms with E-state index in [0.717, 1.165) is 30.4 Å². The molecule has 3 heteroatoms. The average molecular weight is 277 g/mol. The molecule has 0 aromatic heterocycles. The van der Waals surface area contributed by atoms with Crippen LogP contribution in [0.3, 0.4) is 0 Å². The number of hydrogen-bond donors (Lipinski definition) is 1. The number of benzene rings is 1. The Balaban J connectivity index is 2.03. The van der Waals surface area contributed by atoms with E-state index in [1.165, 1.54) is 18.4 Å². The standard InChI is InChI=1S/C17H27NO2/c1-12(2)5-6-13(3)18-16-9-10-20-17-8-7-14(19-4)11-15(16)17/h7-8,11-13,16,18H,5-6,9-10H2,1-4H3. The summed E-state index contributed by atoms with van der Waals surface area (Å²) in [6, 6.07) is 6.97. The van der Waals surface area contributed by atoms with Crippen LogP contribution in [-0.4, -0.2) is 19.8 Å². The molecule has 0 saturated heterocycles. The molecule has 2 atom stereocenters. The minimum atomic E-state index is 0.371. The van der Waals surface area contributed by atoms with Crippen molar-refractivity contribution in [2.45, 2.75) is 52.1 Å². The fourth-order valence-corrected chi connectivity index (χ4v) is 2.68. The quantitative estimate of drug-likeness (QED) is 0.854. The van der Waals surface area contributed by atoms with Crippen LogP contribution in [0, 0.1) is 5.92 Å². The zero-order valence-corrected chi connectivity index (χ0v) is 13.1. The Morgan fingerprint density at radius 1 is 1.30 bits per heavy atom. The minimum absolute atomic E-state index is 0.371. The molecule has 0 aliphatic carbocycles. The van der Waals surface area contributed by atoms with Gasteiger partial charge in [-0.2, -0.15) is 0 Å². The van der Waals surface area contributed by atoms with Crippen molar-refractivity contribution < 1.29 is 9.47 Å². The van der Waals surface area contributed by atoms with Crippen molar-refractivity contribution in [3.8, 4) is 11.5 Å². The van der Waals surface area contributed by atoms with Crippen molar-refractivity contribution in [3.63, 3.8) is 0 Å². The first-order valence-electron chi connectivity index (χ1n) is 7.67.